The summed E-state index contributed by atoms with van der Waals surface area (Å²) in [7, 11) is 0. The zero-order chi connectivity index (χ0) is 12.3. The highest BCUT2D eigenvalue weighted by Crippen LogP contribution is 2.27. The van der Waals surface area contributed by atoms with Gasteiger partial charge in [-0.1, -0.05) is 6.07 Å². The normalized spacial score (nSPS) is 9.81. The molecule has 1 rings (SSSR count). The van der Waals surface area contributed by atoms with Crippen molar-refractivity contribution in [1.82, 2.24) is 5.32 Å². The molecule has 6 heteroatoms. The summed E-state index contributed by atoms with van der Waals surface area (Å²) in [6.45, 7) is 1.15. The second kappa shape index (κ2) is 4.52. The number of carboxylic acids is 1. The van der Waals surface area contributed by atoms with Crippen molar-refractivity contribution in [3.05, 3.63) is 23.3 Å². The first kappa shape index (κ1) is 11.8. The Labute approximate surface area is 91.7 Å². The smallest absolute Gasteiger partial charge is 0.322 e. The molecular weight excluding hydrogens is 212 g/mol. The van der Waals surface area contributed by atoms with Gasteiger partial charge in [0.05, 0.1) is 11.3 Å². The van der Waals surface area contributed by atoms with Crippen molar-refractivity contribution < 1.29 is 19.8 Å². The molecule has 0 fully saturated rings. The molecule has 16 heavy (non-hydrogen) atoms. The molecule has 1 aromatic rings. The van der Waals surface area contributed by atoms with Crippen LogP contribution in [0, 0.1) is 6.92 Å². The standard InChI is InChI=1S/C10H12N2O4/c1-5-2-3-6(8(11)9(5)15)10(16)12-4-7(13)14/h2-3,15H,4,11H2,1H3,(H,12,16)(H,13,14). The van der Waals surface area contributed by atoms with E-state index in [0.29, 0.717) is 5.56 Å². The number of anilines is 1. The van der Waals surface area contributed by atoms with Crippen molar-refractivity contribution in [3.8, 4) is 5.75 Å². The zero-order valence-electron chi connectivity index (χ0n) is 8.65. The van der Waals surface area contributed by atoms with Gasteiger partial charge in [0.25, 0.3) is 5.91 Å². The van der Waals surface area contributed by atoms with Crippen molar-refractivity contribution in [2.45, 2.75) is 6.92 Å². The van der Waals surface area contributed by atoms with Gasteiger partial charge in [-0.15, -0.1) is 0 Å². The molecule has 0 aliphatic carbocycles. The molecule has 0 unspecified atom stereocenters. The molecule has 0 aliphatic heterocycles. The predicted octanol–water partition coefficient (Wildman–Crippen LogP) is 0.0972. The summed E-state index contributed by atoms with van der Waals surface area (Å²) in [5.41, 5.74) is 6.09. The van der Waals surface area contributed by atoms with Gasteiger partial charge in [-0.05, 0) is 18.6 Å². The number of nitrogens with one attached hydrogen (secondary N) is 1. The number of aliphatic carboxylic acids is 1. The van der Waals surface area contributed by atoms with E-state index in [4.69, 9.17) is 10.8 Å². The van der Waals surface area contributed by atoms with E-state index in [0.717, 1.165) is 0 Å². The molecule has 1 amide bonds. The van der Waals surface area contributed by atoms with E-state index in [1.165, 1.54) is 12.1 Å². The maximum atomic E-state index is 11.5. The second-order valence-corrected chi connectivity index (χ2v) is 3.27. The van der Waals surface area contributed by atoms with Crippen LogP contribution in [0.25, 0.3) is 0 Å². The summed E-state index contributed by atoms with van der Waals surface area (Å²) in [6.07, 6.45) is 0. The fourth-order valence-electron chi connectivity index (χ4n) is 1.17. The Balaban J connectivity index is 2.92. The molecule has 0 heterocycles. The molecule has 86 valence electrons. The predicted molar refractivity (Wildman–Crippen MR) is 57.2 cm³/mol. The van der Waals surface area contributed by atoms with Crippen LogP contribution in [0.4, 0.5) is 5.69 Å². The number of nitrogen functional groups attached to an aromatic ring is 1. The third-order valence-electron chi connectivity index (χ3n) is 2.06. The van der Waals surface area contributed by atoms with Gasteiger partial charge >= 0.3 is 5.97 Å². The summed E-state index contributed by atoms with van der Waals surface area (Å²) < 4.78 is 0. The van der Waals surface area contributed by atoms with E-state index in [9.17, 15) is 14.7 Å². The van der Waals surface area contributed by atoms with Gasteiger partial charge in [-0.2, -0.15) is 0 Å². The highest BCUT2D eigenvalue weighted by molar-refractivity contribution is 6.01. The Morgan fingerprint density at radius 2 is 2.06 bits per heavy atom. The van der Waals surface area contributed by atoms with Crippen molar-refractivity contribution in [3.63, 3.8) is 0 Å². The molecule has 0 bridgehead atoms. The molecule has 0 atom stereocenters. The molecule has 0 aromatic heterocycles. The van der Waals surface area contributed by atoms with E-state index < -0.39 is 18.4 Å². The van der Waals surface area contributed by atoms with Crippen molar-refractivity contribution in [2.75, 3.05) is 12.3 Å². The number of amides is 1. The molecule has 0 radical (unpaired) electrons. The van der Waals surface area contributed by atoms with E-state index >= 15 is 0 Å². The van der Waals surface area contributed by atoms with Crippen LogP contribution in [0.2, 0.25) is 0 Å². The van der Waals surface area contributed by atoms with Gasteiger partial charge in [-0.25, -0.2) is 0 Å². The number of phenols is 1. The maximum Gasteiger partial charge on any atom is 0.322 e. The van der Waals surface area contributed by atoms with Crippen LogP contribution in [0.15, 0.2) is 12.1 Å². The molecule has 6 nitrogen and oxygen atoms in total. The highest BCUT2D eigenvalue weighted by atomic mass is 16.4. The minimum Gasteiger partial charge on any atom is -0.505 e. The van der Waals surface area contributed by atoms with Gasteiger partial charge in [-0.3, -0.25) is 9.59 Å². The Morgan fingerprint density at radius 3 is 2.62 bits per heavy atom. The fraction of sp³-hybridized carbons (Fsp3) is 0.200. The summed E-state index contributed by atoms with van der Waals surface area (Å²) in [5, 5.41) is 20.0. The van der Waals surface area contributed by atoms with Crippen LogP contribution in [0.1, 0.15) is 15.9 Å². The quantitative estimate of drug-likeness (QED) is 0.429. The number of hydrogen-bond acceptors (Lipinski definition) is 4. The lowest BCUT2D eigenvalue weighted by Gasteiger charge is -2.08. The Hall–Kier alpha value is -2.24. The fourth-order valence-corrected chi connectivity index (χ4v) is 1.17. The van der Waals surface area contributed by atoms with Crippen LogP contribution in [-0.4, -0.2) is 28.6 Å². The van der Waals surface area contributed by atoms with Crippen molar-refractivity contribution in [1.29, 1.82) is 0 Å². The minimum absolute atomic E-state index is 0.0529. The topological polar surface area (TPSA) is 113 Å². The van der Waals surface area contributed by atoms with E-state index in [1.807, 2.05) is 0 Å². The third kappa shape index (κ3) is 2.41. The number of carbonyl (C=O) groups excluding carboxylic acids is 1. The average molecular weight is 224 g/mol. The number of aromatic hydroxyl groups is 1. The molecule has 0 aliphatic rings. The summed E-state index contributed by atoms with van der Waals surface area (Å²) in [5.74, 6) is -1.94. The molecule has 0 saturated carbocycles. The van der Waals surface area contributed by atoms with Gasteiger partial charge in [0.2, 0.25) is 0 Å². The van der Waals surface area contributed by atoms with Gasteiger partial charge in [0, 0.05) is 0 Å². The minimum atomic E-state index is -1.15. The number of phenolic OH excluding ortho intramolecular Hbond substituents is 1. The number of benzene rings is 1. The van der Waals surface area contributed by atoms with Crippen LogP contribution in [-0.2, 0) is 4.79 Å². The monoisotopic (exact) mass is 224 g/mol. The second-order valence-electron chi connectivity index (χ2n) is 3.27. The number of rotatable bonds is 3. The Kier molecular flexibility index (Phi) is 3.34. The largest absolute Gasteiger partial charge is 0.505 e. The summed E-state index contributed by atoms with van der Waals surface area (Å²) in [6, 6.07) is 2.96. The Morgan fingerprint density at radius 1 is 1.44 bits per heavy atom. The summed E-state index contributed by atoms with van der Waals surface area (Å²) in [4.78, 5) is 21.7. The zero-order valence-corrected chi connectivity index (χ0v) is 8.65. The highest BCUT2D eigenvalue weighted by Gasteiger charge is 2.14. The van der Waals surface area contributed by atoms with Crippen LogP contribution in [0.3, 0.4) is 0 Å². The Bertz CT molecular complexity index is 443. The van der Waals surface area contributed by atoms with Crippen LogP contribution >= 0.6 is 0 Å². The molecule has 1 aromatic carbocycles. The number of nitrogens with two attached hydrogens (primary N) is 1. The lowest BCUT2D eigenvalue weighted by atomic mass is 10.1. The van der Waals surface area contributed by atoms with E-state index in [1.54, 1.807) is 6.92 Å². The number of carboxylic acid groups (broad SMARTS) is 1. The van der Waals surface area contributed by atoms with Crippen molar-refractivity contribution in [2.24, 2.45) is 0 Å². The first-order valence-electron chi connectivity index (χ1n) is 4.51. The number of carbonyl (C=O) groups is 2. The van der Waals surface area contributed by atoms with Gasteiger partial charge < -0.3 is 21.3 Å². The third-order valence-corrected chi connectivity index (χ3v) is 2.06. The van der Waals surface area contributed by atoms with Gasteiger partial charge in [0.15, 0.2) is 0 Å². The maximum absolute atomic E-state index is 11.5. The number of aryl methyl sites for hydroxylation is 1. The SMILES string of the molecule is Cc1ccc(C(=O)NCC(=O)O)c(N)c1O. The average Bonchev–Trinajstić information content (AvgIpc) is 2.23. The van der Waals surface area contributed by atoms with E-state index in [-0.39, 0.29) is 17.0 Å². The molecule has 0 spiro atoms. The number of hydrogen-bond donors (Lipinski definition) is 4. The van der Waals surface area contributed by atoms with Gasteiger partial charge in [0.1, 0.15) is 12.3 Å². The van der Waals surface area contributed by atoms with Crippen molar-refractivity contribution >= 4 is 17.6 Å². The van der Waals surface area contributed by atoms with E-state index in [2.05, 4.69) is 5.32 Å². The lowest BCUT2D eigenvalue weighted by molar-refractivity contribution is -0.135. The van der Waals surface area contributed by atoms with Crippen LogP contribution in [0.5, 0.6) is 5.75 Å². The van der Waals surface area contributed by atoms with Crippen LogP contribution < -0.4 is 11.1 Å². The summed E-state index contributed by atoms with van der Waals surface area (Å²) >= 11 is 0. The first-order chi connectivity index (χ1) is 7.43. The molecule has 0 saturated heterocycles. The lowest BCUT2D eigenvalue weighted by Crippen LogP contribution is -2.29. The first-order valence-corrected chi connectivity index (χ1v) is 4.51. The molecular formula is C10H12N2O4. The molecule has 5 N–H and O–H groups in total.